The molecule has 2 rings (SSSR count). The fourth-order valence-corrected chi connectivity index (χ4v) is 2.35. The van der Waals surface area contributed by atoms with Crippen molar-refractivity contribution < 1.29 is 14.0 Å². The second kappa shape index (κ2) is 7.31. The van der Waals surface area contributed by atoms with Crippen molar-refractivity contribution in [2.24, 2.45) is 5.73 Å². The highest BCUT2D eigenvalue weighted by atomic mass is 16.4. The molecule has 7 nitrogen and oxygen atoms in total. The number of nitrogens with zero attached hydrogens (tertiary/aromatic N) is 2. The molecular weight excluding hydrogens is 284 g/mol. The zero-order chi connectivity index (χ0) is 15.9. The SMILES string of the molecule is N#C/C(=C/c1ccc(N2CCCCCC2)o1)C(=O)NC(N)=O. The molecular formula is C15H18N4O3. The summed E-state index contributed by atoms with van der Waals surface area (Å²) in [5.41, 5.74) is 4.62. The number of amides is 3. The van der Waals surface area contributed by atoms with Gasteiger partial charge in [0.05, 0.1) is 0 Å². The van der Waals surface area contributed by atoms with Crippen molar-refractivity contribution in [1.29, 1.82) is 5.26 Å². The number of hydrogen-bond acceptors (Lipinski definition) is 5. The maximum atomic E-state index is 11.6. The fraction of sp³-hybridized carbons (Fsp3) is 0.400. The topological polar surface area (TPSA) is 112 Å². The summed E-state index contributed by atoms with van der Waals surface area (Å²) >= 11 is 0. The molecule has 1 aromatic heterocycles. The van der Waals surface area contributed by atoms with Crippen molar-refractivity contribution >= 4 is 23.9 Å². The molecule has 0 atom stereocenters. The molecule has 1 saturated heterocycles. The lowest BCUT2D eigenvalue weighted by atomic mass is 10.2. The van der Waals surface area contributed by atoms with E-state index in [0.29, 0.717) is 5.76 Å². The number of hydrogen-bond donors (Lipinski definition) is 2. The zero-order valence-corrected chi connectivity index (χ0v) is 12.2. The summed E-state index contributed by atoms with van der Waals surface area (Å²) in [6.45, 7) is 1.87. The number of furan rings is 1. The van der Waals surface area contributed by atoms with Crippen LogP contribution in [-0.2, 0) is 4.79 Å². The first-order chi connectivity index (χ1) is 10.6. The predicted octanol–water partition coefficient (Wildman–Crippen LogP) is 1.76. The molecule has 116 valence electrons. The van der Waals surface area contributed by atoms with E-state index in [9.17, 15) is 9.59 Å². The number of nitrogens with two attached hydrogens (primary N) is 1. The van der Waals surface area contributed by atoms with Crippen LogP contribution in [0.4, 0.5) is 10.7 Å². The highest BCUT2D eigenvalue weighted by Crippen LogP contribution is 2.23. The van der Waals surface area contributed by atoms with Crippen molar-refractivity contribution in [2.45, 2.75) is 25.7 Å². The minimum atomic E-state index is -1.00. The van der Waals surface area contributed by atoms with E-state index in [1.807, 2.05) is 11.4 Å². The first-order valence-electron chi connectivity index (χ1n) is 7.17. The van der Waals surface area contributed by atoms with Crippen LogP contribution in [0.3, 0.4) is 0 Å². The van der Waals surface area contributed by atoms with Gasteiger partial charge in [-0.2, -0.15) is 5.26 Å². The van der Waals surface area contributed by atoms with Crippen LogP contribution in [0.1, 0.15) is 31.4 Å². The van der Waals surface area contributed by atoms with Crippen molar-refractivity contribution in [3.8, 4) is 6.07 Å². The Hall–Kier alpha value is -2.75. The van der Waals surface area contributed by atoms with E-state index in [2.05, 4.69) is 4.90 Å². The Morgan fingerprint density at radius 1 is 1.27 bits per heavy atom. The second-order valence-corrected chi connectivity index (χ2v) is 5.07. The molecule has 0 aliphatic carbocycles. The molecule has 0 saturated carbocycles. The summed E-state index contributed by atoms with van der Waals surface area (Å²) in [6, 6.07) is 4.23. The van der Waals surface area contributed by atoms with Crippen LogP contribution in [0.25, 0.3) is 6.08 Å². The van der Waals surface area contributed by atoms with Gasteiger partial charge in [0.25, 0.3) is 5.91 Å². The van der Waals surface area contributed by atoms with Gasteiger partial charge in [0, 0.05) is 25.2 Å². The Morgan fingerprint density at radius 3 is 2.55 bits per heavy atom. The van der Waals surface area contributed by atoms with Gasteiger partial charge in [-0.25, -0.2) is 4.79 Å². The van der Waals surface area contributed by atoms with E-state index < -0.39 is 11.9 Å². The first-order valence-corrected chi connectivity index (χ1v) is 7.17. The van der Waals surface area contributed by atoms with Crippen LogP contribution in [0.15, 0.2) is 22.1 Å². The molecule has 1 aromatic rings. The van der Waals surface area contributed by atoms with Gasteiger partial charge in [0.15, 0.2) is 5.88 Å². The summed E-state index contributed by atoms with van der Waals surface area (Å²) in [4.78, 5) is 24.4. The minimum absolute atomic E-state index is 0.240. The average Bonchev–Trinajstić information content (AvgIpc) is 2.77. The van der Waals surface area contributed by atoms with Crippen molar-refractivity contribution in [3.63, 3.8) is 0 Å². The third-order valence-corrected chi connectivity index (χ3v) is 3.42. The van der Waals surface area contributed by atoms with Gasteiger partial charge in [-0.15, -0.1) is 0 Å². The molecule has 3 amide bonds. The number of imide groups is 1. The number of carbonyl (C=O) groups is 2. The molecule has 3 N–H and O–H groups in total. The Bertz CT molecular complexity index is 619. The lowest BCUT2D eigenvalue weighted by Gasteiger charge is -2.18. The molecule has 2 heterocycles. The molecule has 1 aliphatic heterocycles. The van der Waals surface area contributed by atoms with Crippen LogP contribution < -0.4 is 16.0 Å². The van der Waals surface area contributed by atoms with E-state index >= 15 is 0 Å². The molecule has 22 heavy (non-hydrogen) atoms. The lowest BCUT2D eigenvalue weighted by molar-refractivity contribution is -0.115. The molecule has 1 aliphatic rings. The van der Waals surface area contributed by atoms with E-state index in [1.54, 1.807) is 12.1 Å². The molecule has 1 fully saturated rings. The number of carbonyl (C=O) groups excluding carboxylic acids is 2. The minimum Gasteiger partial charge on any atom is -0.441 e. The Labute approximate surface area is 128 Å². The van der Waals surface area contributed by atoms with Gasteiger partial charge < -0.3 is 15.1 Å². The van der Waals surface area contributed by atoms with Crippen molar-refractivity contribution in [2.75, 3.05) is 18.0 Å². The largest absolute Gasteiger partial charge is 0.441 e. The monoisotopic (exact) mass is 302 g/mol. The molecule has 7 heteroatoms. The van der Waals surface area contributed by atoms with Crippen molar-refractivity contribution in [1.82, 2.24) is 5.32 Å². The van der Waals surface area contributed by atoms with Crippen LogP contribution >= 0.6 is 0 Å². The molecule has 0 radical (unpaired) electrons. The summed E-state index contributed by atoms with van der Waals surface area (Å²) < 4.78 is 5.67. The van der Waals surface area contributed by atoms with E-state index in [1.165, 1.54) is 18.9 Å². The number of primary amides is 1. The van der Waals surface area contributed by atoms with Gasteiger partial charge >= 0.3 is 6.03 Å². The van der Waals surface area contributed by atoms with Gasteiger partial charge in [-0.05, 0) is 18.9 Å². The van der Waals surface area contributed by atoms with Crippen LogP contribution in [-0.4, -0.2) is 25.0 Å². The maximum Gasteiger partial charge on any atom is 0.319 e. The lowest BCUT2D eigenvalue weighted by Crippen LogP contribution is -2.35. The number of rotatable bonds is 3. The average molecular weight is 302 g/mol. The third kappa shape index (κ3) is 4.12. The second-order valence-electron chi connectivity index (χ2n) is 5.07. The van der Waals surface area contributed by atoms with Gasteiger partial charge in [0.1, 0.15) is 17.4 Å². The van der Waals surface area contributed by atoms with Gasteiger partial charge in [-0.3, -0.25) is 10.1 Å². The maximum absolute atomic E-state index is 11.6. The smallest absolute Gasteiger partial charge is 0.319 e. The molecule has 0 bridgehead atoms. The Balaban J connectivity index is 2.12. The summed E-state index contributed by atoms with van der Waals surface area (Å²) in [5.74, 6) is 0.263. The quantitative estimate of drug-likeness (QED) is 0.652. The highest BCUT2D eigenvalue weighted by Gasteiger charge is 2.15. The molecule has 0 aromatic carbocycles. The van der Waals surface area contributed by atoms with E-state index in [-0.39, 0.29) is 5.57 Å². The van der Waals surface area contributed by atoms with E-state index in [4.69, 9.17) is 15.4 Å². The third-order valence-electron chi connectivity index (χ3n) is 3.42. The van der Waals surface area contributed by atoms with Crippen LogP contribution in [0.2, 0.25) is 0 Å². The summed E-state index contributed by atoms with van der Waals surface area (Å²) in [7, 11) is 0. The summed E-state index contributed by atoms with van der Waals surface area (Å²) in [5, 5.41) is 10.8. The van der Waals surface area contributed by atoms with E-state index in [0.717, 1.165) is 31.8 Å². The van der Waals surface area contributed by atoms with Crippen molar-refractivity contribution in [3.05, 3.63) is 23.5 Å². The normalized spacial score (nSPS) is 15.8. The standard InChI is InChI=1S/C15H18N4O3/c16-10-11(14(20)18-15(17)21)9-12-5-6-13(22-12)19-7-3-1-2-4-8-19/h5-6,9H,1-4,7-8H2,(H3,17,18,20,21)/b11-9-. The summed E-state index contributed by atoms with van der Waals surface area (Å²) in [6.07, 6.45) is 5.97. The molecule has 0 unspecified atom stereocenters. The van der Waals surface area contributed by atoms with Gasteiger partial charge in [-0.1, -0.05) is 12.8 Å². The number of nitrogens with one attached hydrogen (secondary N) is 1. The van der Waals surface area contributed by atoms with Crippen LogP contribution in [0, 0.1) is 11.3 Å². The van der Waals surface area contributed by atoms with Gasteiger partial charge in [0.2, 0.25) is 0 Å². The highest BCUT2D eigenvalue weighted by molar-refractivity contribution is 6.08. The number of nitriles is 1. The fourth-order valence-electron chi connectivity index (χ4n) is 2.35. The molecule has 0 spiro atoms. The Kier molecular flexibility index (Phi) is 5.20. The number of anilines is 1. The number of urea groups is 1. The van der Waals surface area contributed by atoms with Crippen LogP contribution in [0.5, 0.6) is 0 Å². The predicted molar refractivity (Wildman–Crippen MR) is 80.7 cm³/mol. The zero-order valence-electron chi connectivity index (χ0n) is 12.2. The Morgan fingerprint density at radius 2 is 1.95 bits per heavy atom. The first kappa shape index (κ1) is 15.6.